The molecule has 5 nitrogen and oxygen atoms in total. The van der Waals surface area contributed by atoms with Crippen LogP contribution in [0.15, 0.2) is 30.5 Å². The Morgan fingerprint density at radius 3 is 2.82 bits per heavy atom. The third kappa shape index (κ3) is 2.47. The number of aromatic nitrogens is 1. The van der Waals surface area contributed by atoms with E-state index in [0.29, 0.717) is 5.92 Å². The molecule has 0 bridgehead atoms. The van der Waals surface area contributed by atoms with Crippen LogP contribution in [0.3, 0.4) is 0 Å². The van der Waals surface area contributed by atoms with Gasteiger partial charge in [0, 0.05) is 28.7 Å². The molecule has 1 aromatic heterocycles. The molecule has 2 unspecified atom stereocenters. The van der Waals surface area contributed by atoms with Gasteiger partial charge in [0.15, 0.2) is 0 Å². The number of carbonyl (C=O) groups is 2. The fourth-order valence-corrected chi connectivity index (χ4v) is 3.36. The lowest BCUT2D eigenvalue weighted by Gasteiger charge is -2.06. The van der Waals surface area contributed by atoms with Gasteiger partial charge in [0.25, 0.3) is 0 Å². The Morgan fingerprint density at radius 1 is 1.27 bits per heavy atom. The van der Waals surface area contributed by atoms with E-state index in [-0.39, 0.29) is 18.4 Å². The van der Waals surface area contributed by atoms with E-state index in [1.165, 1.54) is 12.8 Å². The van der Waals surface area contributed by atoms with Crippen molar-refractivity contribution >= 4 is 28.5 Å². The number of aliphatic carboxylic acids is 1. The topological polar surface area (TPSA) is 71.3 Å². The molecule has 2 fully saturated rings. The summed E-state index contributed by atoms with van der Waals surface area (Å²) < 4.78 is 1.69. The maximum absolute atomic E-state index is 12.2. The maximum atomic E-state index is 12.2. The highest BCUT2D eigenvalue weighted by molar-refractivity contribution is 5.96. The van der Waals surface area contributed by atoms with E-state index in [2.05, 4.69) is 5.32 Å². The summed E-state index contributed by atoms with van der Waals surface area (Å²) in [5.74, 6) is 0.861. The van der Waals surface area contributed by atoms with Gasteiger partial charge in [0.05, 0.1) is 0 Å². The SMILES string of the molecule is O=C(O)Cn1ccc2cc(NC(=O)C3CC3C3CC3)ccc21. The second-order valence-electron chi connectivity index (χ2n) is 6.44. The summed E-state index contributed by atoms with van der Waals surface area (Å²) in [6, 6.07) is 7.48. The average molecular weight is 298 g/mol. The van der Waals surface area contributed by atoms with Crippen LogP contribution < -0.4 is 5.32 Å². The predicted molar refractivity (Wildman–Crippen MR) is 82.5 cm³/mol. The number of hydrogen-bond donors (Lipinski definition) is 2. The van der Waals surface area contributed by atoms with Crippen molar-refractivity contribution in [1.29, 1.82) is 0 Å². The lowest BCUT2D eigenvalue weighted by Crippen LogP contribution is -2.15. The number of amides is 1. The smallest absolute Gasteiger partial charge is 0.323 e. The normalized spacial score (nSPS) is 23.5. The monoisotopic (exact) mass is 298 g/mol. The minimum absolute atomic E-state index is 0.0552. The zero-order chi connectivity index (χ0) is 15.3. The Bertz CT molecular complexity index is 760. The fourth-order valence-electron chi connectivity index (χ4n) is 3.36. The van der Waals surface area contributed by atoms with Crippen LogP contribution in [-0.4, -0.2) is 21.6 Å². The average Bonchev–Trinajstić information content (AvgIpc) is 3.34. The van der Waals surface area contributed by atoms with E-state index in [0.717, 1.165) is 28.9 Å². The summed E-state index contributed by atoms with van der Waals surface area (Å²) in [6.45, 7) is -0.0552. The first-order chi connectivity index (χ1) is 10.6. The largest absolute Gasteiger partial charge is 0.480 e. The number of carboxylic acid groups (broad SMARTS) is 1. The summed E-state index contributed by atoms with van der Waals surface area (Å²) in [4.78, 5) is 23.0. The Kier molecular flexibility index (Phi) is 2.96. The van der Waals surface area contributed by atoms with Crippen molar-refractivity contribution < 1.29 is 14.7 Å². The van der Waals surface area contributed by atoms with E-state index < -0.39 is 5.97 Å². The molecule has 2 aromatic rings. The Hall–Kier alpha value is -2.30. The highest BCUT2D eigenvalue weighted by Gasteiger charge is 2.51. The fraction of sp³-hybridized carbons (Fsp3) is 0.412. The molecule has 2 saturated carbocycles. The summed E-state index contributed by atoms with van der Waals surface area (Å²) in [6.07, 6.45) is 5.37. The number of benzene rings is 1. The van der Waals surface area contributed by atoms with E-state index in [9.17, 15) is 9.59 Å². The Balaban J connectivity index is 1.48. The third-order valence-electron chi connectivity index (χ3n) is 4.75. The van der Waals surface area contributed by atoms with Crippen molar-refractivity contribution in [3.63, 3.8) is 0 Å². The van der Waals surface area contributed by atoms with Gasteiger partial charge in [-0.25, -0.2) is 0 Å². The van der Waals surface area contributed by atoms with Crippen LogP contribution in [0.2, 0.25) is 0 Å². The van der Waals surface area contributed by atoms with Gasteiger partial charge in [0.2, 0.25) is 5.91 Å². The Morgan fingerprint density at radius 2 is 2.09 bits per heavy atom. The highest BCUT2D eigenvalue weighted by atomic mass is 16.4. The van der Waals surface area contributed by atoms with Gasteiger partial charge in [-0.15, -0.1) is 0 Å². The number of nitrogens with one attached hydrogen (secondary N) is 1. The molecule has 4 rings (SSSR count). The molecule has 1 amide bonds. The third-order valence-corrected chi connectivity index (χ3v) is 4.75. The number of nitrogens with zero attached hydrogens (tertiary/aromatic N) is 1. The first-order valence-electron chi connectivity index (χ1n) is 7.73. The number of rotatable bonds is 5. The lowest BCUT2D eigenvalue weighted by molar-refractivity contribution is -0.137. The van der Waals surface area contributed by atoms with Gasteiger partial charge in [-0.05, 0) is 55.4 Å². The summed E-state index contributed by atoms with van der Waals surface area (Å²) >= 11 is 0. The van der Waals surface area contributed by atoms with Gasteiger partial charge in [-0.2, -0.15) is 0 Å². The summed E-state index contributed by atoms with van der Waals surface area (Å²) in [5, 5.41) is 12.8. The maximum Gasteiger partial charge on any atom is 0.323 e. The Labute approximate surface area is 127 Å². The van der Waals surface area contributed by atoms with Crippen molar-refractivity contribution in [2.75, 3.05) is 5.32 Å². The van der Waals surface area contributed by atoms with Crippen molar-refractivity contribution in [2.45, 2.75) is 25.8 Å². The lowest BCUT2D eigenvalue weighted by atomic mass is 10.2. The van der Waals surface area contributed by atoms with Crippen LogP contribution in [0, 0.1) is 17.8 Å². The molecule has 5 heteroatoms. The first kappa shape index (κ1) is 13.4. The molecule has 1 aromatic carbocycles. The molecule has 1 heterocycles. The van der Waals surface area contributed by atoms with E-state index in [1.807, 2.05) is 24.3 Å². The highest BCUT2D eigenvalue weighted by Crippen LogP contribution is 2.54. The van der Waals surface area contributed by atoms with Gasteiger partial charge in [-0.3, -0.25) is 9.59 Å². The zero-order valence-electron chi connectivity index (χ0n) is 12.2. The minimum atomic E-state index is -0.866. The molecule has 2 aliphatic rings. The summed E-state index contributed by atoms with van der Waals surface area (Å²) in [7, 11) is 0. The molecule has 2 N–H and O–H groups in total. The first-order valence-corrected chi connectivity index (χ1v) is 7.73. The molecule has 0 saturated heterocycles. The molecule has 0 spiro atoms. The number of hydrogen-bond acceptors (Lipinski definition) is 2. The van der Waals surface area contributed by atoms with Crippen LogP contribution in [0.25, 0.3) is 10.9 Å². The standard InChI is InChI=1S/C17H18N2O3/c20-16(21)9-19-6-5-11-7-12(3-4-15(11)19)18-17(22)14-8-13(14)10-1-2-10/h3-7,10,13-14H,1-2,8-9H2,(H,18,22)(H,20,21). The van der Waals surface area contributed by atoms with E-state index in [1.54, 1.807) is 10.8 Å². The molecule has 0 aliphatic heterocycles. The quantitative estimate of drug-likeness (QED) is 0.891. The zero-order valence-corrected chi connectivity index (χ0v) is 12.2. The van der Waals surface area contributed by atoms with Crippen molar-refractivity contribution in [2.24, 2.45) is 17.8 Å². The second kappa shape index (κ2) is 4.87. The van der Waals surface area contributed by atoms with Crippen molar-refractivity contribution in [3.05, 3.63) is 30.5 Å². The van der Waals surface area contributed by atoms with Gasteiger partial charge in [-0.1, -0.05) is 0 Å². The van der Waals surface area contributed by atoms with Crippen LogP contribution in [-0.2, 0) is 16.1 Å². The van der Waals surface area contributed by atoms with Crippen LogP contribution in [0.1, 0.15) is 19.3 Å². The van der Waals surface area contributed by atoms with Crippen molar-refractivity contribution in [1.82, 2.24) is 4.57 Å². The van der Waals surface area contributed by atoms with Crippen molar-refractivity contribution in [3.8, 4) is 0 Å². The molecule has 2 atom stereocenters. The molecular formula is C17H18N2O3. The molecule has 114 valence electrons. The predicted octanol–water partition coefficient (Wildman–Crippen LogP) is 2.71. The molecule has 22 heavy (non-hydrogen) atoms. The van der Waals surface area contributed by atoms with Gasteiger partial charge < -0.3 is 15.0 Å². The number of carbonyl (C=O) groups excluding carboxylic acids is 1. The van der Waals surface area contributed by atoms with Crippen LogP contribution >= 0.6 is 0 Å². The number of fused-ring (bicyclic) bond motifs is 1. The second-order valence-corrected chi connectivity index (χ2v) is 6.44. The minimum Gasteiger partial charge on any atom is -0.480 e. The van der Waals surface area contributed by atoms with Gasteiger partial charge in [0.1, 0.15) is 6.54 Å². The molecular weight excluding hydrogens is 280 g/mol. The van der Waals surface area contributed by atoms with Gasteiger partial charge >= 0.3 is 5.97 Å². The van der Waals surface area contributed by atoms with Crippen LogP contribution in [0.5, 0.6) is 0 Å². The summed E-state index contributed by atoms with van der Waals surface area (Å²) in [5.41, 5.74) is 1.65. The van der Waals surface area contributed by atoms with E-state index in [4.69, 9.17) is 5.11 Å². The van der Waals surface area contributed by atoms with E-state index >= 15 is 0 Å². The van der Waals surface area contributed by atoms with Crippen LogP contribution in [0.4, 0.5) is 5.69 Å². The molecule has 2 aliphatic carbocycles. The molecule has 0 radical (unpaired) electrons. The number of anilines is 1. The number of carboxylic acids is 1.